The largest absolute Gasteiger partial charge is 0.403 e. The number of nitrogens with zero attached hydrogens (tertiary/aromatic N) is 1. The molecule has 0 aliphatic rings. The normalized spacial score (nSPS) is 14.6. The number of halogens is 1. The van der Waals surface area contributed by atoms with Crippen LogP contribution in [0.1, 0.15) is 20.8 Å². The predicted molar refractivity (Wildman–Crippen MR) is 54.2 cm³/mol. The fourth-order valence-electron chi connectivity index (χ4n) is 0.539. The number of nitrogens with two attached hydrogens (primary N) is 1. The SMILES string of the molecule is CC(C)(C)C(=C/N)/N=C\I. The zero-order valence-corrected chi connectivity index (χ0v) is 8.71. The predicted octanol–water partition coefficient (Wildman–Crippen LogP) is 2.30. The quantitative estimate of drug-likeness (QED) is 0.564. The highest BCUT2D eigenvalue weighted by Gasteiger charge is 2.14. The van der Waals surface area contributed by atoms with E-state index in [0.29, 0.717) is 0 Å². The van der Waals surface area contributed by atoms with E-state index in [4.69, 9.17) is 5.73 Å². The van der Waals surface area contributed by atoms with Crippen molar-refractivity contribution in [2.75, 3.05) is 0 Å². The van der Waals surface area contributed by atoms with Gasteiger partial charge in [0, 0.05) is 11.6 Å². The number of hydrogen-bond donors (Lipinski definition) is 1. The highest BCUT2D eigenvalue weighted by atomic mass is 127. The van der Waals surface area contributed by atoms with E-state index in [1.807, 2.05) is 0 Å². The average Bonchev–Trinajstić information content (AvgIpc) is 1.80. The van der Waals surface area contributed by atoms with Crippen molar-refractivity contribution in [3.05, 3.63) is 11.9 Å². The standard InChI is InChI=1S/C7H13IN2/c1-7(2,3)6(4-9)10-5-8/h4-5H,9H2,1-3H3/b6-4-,10-5-. The molecule has 0 aromatic heterocycles. The van der Waals surface area contributed by atoms with Crippen LogP contribution in [0.25, 0.3) is 0 Å². The van der Waals surface area contributed by atoms with Gasteiger partial charge in [-0.2, -0.15) is 0 Å². The molecule has 2 nitrogen and oxygen atoms in total. The summed E-state index contributed by atoms with van der Waals surface area (Å²) in [4.78, 5) is 4.11. The van der Waals surface area contributed by atoms with Crippen molar-refractivity contribution >= 4 is 26.8 Å². The summed E-state index contributed by atoms with van der Waals surface area (Å²) in [5.41, 5.74) is 6.34. The molecular weight excluding hydrogens is 239 g/mol. The summed E-state index contributed by atoms with van der Waals surface area (Å²) in [5.74, 6) is 0. The lowest BCUT2D eigenvalue weighted by atomic mass is 9.93. The lowest BCUT2D eigenvalue weighted by molar-refractivity contribution is 0.498. The van der Waals surface area contributed by atoms with Crippen LogP contribution in [-0.4, -0.2) is 4.22 Å². The first-order chi connectivity index (χ1) is 4.52. The molecule has 0 aromatic rings. The van der Waals surface area contributed by atoms with Crippen LogP contribution < -0.4 is 5.73 Å². The molecule has 58 valence electrons. The fourth-order valence-corrected chi connectivity index (χ4v) is 0.839. The molecule has 0 rings (SSSR count). The Bertz CT molecular complexity index is 153. The van der Waals surface area contributed by atoms with Crippen LogP contribution in [0.15, 0.2) is 16.9 Å². The topological polar surface area (TPSA) is 38.4 Å². The van der Waals surface area contributed by atoms with Gasteiger partial charge in [0.25, 0.3) is 0 Å². The van der Waals surface area contributed by atoms with E-state index in [0.717, 1.165) is 5.70 Å². The first-order valence-corrected chi connectivity index (χ1v) is 4.32. The number of allylic oxidation sites excluding steroid dienone is 1. The smallest absolute Gasteiger partial charge is 0.0655 e. The Labute approximate surface area is 75.7 Å². The van der Waals surface area contributed by atoms with Gasteiger partial charge in [-0.25, -0.2) is 0 Å². The second-order valence-electron chi connectivity index (χ2n) is 3.03. The molecule has 0 saturated heterocycles. The molecule has 0 unspecified atom stereocenters. The van der Waals surface area contributed by atoms with Crippen LogP contribution in [0.3, 0.4) is 0 Å². The van der Waals surface area contributed by atoms with Crippen molar-refractivity contribution in [1.29, 1.82) is 0 Å². The monoisotopic (exact) mass is 252 g/mol. The molecule has 0 heterocycles. The fraction of sp³-hybridized carbons (Fsp3) is 0.571. The molecule has 0 bridgehead atoms. The average molecular weight is 252 g/mol. The Kier molecular flexibility index (Phi) is 3.93. The summed E-state index contributed by atoms with van der Waals surface area (Å²) in [6, 6.07) is 0. The van der Waals surface area contributed by atoms with Crippen LogP contribution in [0.2, 0.25) is 0 Å². The Morgan fingerprint density at radius 1 is 1.50 bits per heavy atom. The lowest BCUT2D eigenvalue weighted by Gasteiger charge is -2.17. The Morgan fingerprint density at radius 2 is 2.00 bits per heavy atom. The minimum Gasteiger partial charge on any atom is -0.403 e. The van der Waals surface area contributed by atoms with Crippen molar-refractivity contribution in [2.24, 2.45) is 16.1 Å². The molecule has 10 heavy (non-hydrogen) atoms. The van der Waals surface area contributed by atoms with E-state index >= 15 is 0 Å². The summed E-state index contributed by atoms with van der Waals surface area (Å²) in [5, 5.41) is 0. The molecule has 0 aliphatic carbocycles. The molecule has 0 aromatic carbocycles. The summed E-state index contributed by atoms with van der Waals surface area (Å²) in [7, 11) is 0. The second-order valence-corrected chi connectivity index (χ2v) is 3.59. The third-order valence-corrected chi connectivity index (χ3v) is 1.39. The highest BCUT2D eigenvalue weighted by molar-refractivity contribution is 14.1. The maximum Gasteiger partial charge on any atom is 0.0655 e. The van der Waals surface area contributed by atoms with Gasteiger partial charge in [-0.1, -0.05) is 20.8 Å². The van der Waals surface area contributed by atoms with Crippen LogP contribution in [0.4, 0.5) is 0 Å². The van der Waals surface area contributed by atoms with Gasteiger partial charge in [-0.15, -0.1) is 0 Å². The minimum absolute atomic E-state index is 0.0520. The van der Waals surface area contributed by atoms with Crippen molar-refractivity contribution in [3.8, 4) is 0 Å². The summed E-state index contributed by atoms with van der Waals surface area (Å²) in [6.45, 7) is 6.24. The zero-order valence-electron chi connectivity index (χ0n) is 6.56. The molecule has 0 atom stereocenters. The van der Waals surface area contributed by atoms with Crippen molar-refractivity contribution in [3.63, 3.8) is 0 Å². The van der Waals surface area contributed by atoms with E-state index in [9.17, 15) is 0 Å². The molecule has 0 saturated carbocycles. The second kappa shape index (κ2) is 3.95. The van der Waals surface area contributed by atoms with Crippen LogP contribution >= 0.6 is 22.6 Å². The summed E-state index contributed by atoms with van der Waals surface area (Å²) < 4.78 is 1.72. The molecule has 0 radical (unpaired) electrons. The van der Waals surface area contributed by atoms with Gasteiger partial charge in [-0.05, 0) is 22.6 Å². The molecule has 0 aliphatic heterocycles. The maximum atomic E-state index is 5.37. The van der Waals surface area contributed by atoms with E-state index in [2.05, 4.69) is 48.4 Å². The first-order valence-electron chi connectivity index (χ1n) is 3.07. The molecule has 0 fully saturated rings. The van der Waals surface area contributed by atoms with E-state index < -0.39 is 0 Å². The third-order valence-electron chi connectivity index (χ3n) is 1.11. The molecular formula is C7H13IN2. The van der Waals surface area contributed by atoms with Gasteiger partial charge in [0.15, 0.2) is 0 Å². The zero-order chi connectivity index (χ0) is 8.20. The Balaban J connectivity index is 4.39. The summed E-state index contributed by atoms with van der Waals surface area (Å²) in [6.07, 6.45) is 1.55. The van der Waals surface area contributed by atoms with Crippen molar-refractivity contribution in [1.82, 2.24) is 0 Å². The number of aliphatic imine (C=N–C) groups is 1. The minimum atomic E-state index is 0.0520. The van der Waals surface area contributed by atoms with Gasteiger partial charge in [0.1, 0.15) is 0 Å². The van der Waals surface area contributed by atoms with Crippen LogP contribution in [-0.2, 0) is 0 Å². The van der Waals surface area contributed by atoms with E-state index in [1.165, 1.54) is 0 Å². The molecule has 0 amide bonds. The number of rotatable bonds is 1. The molecule has 3 heteroatoms. The van der Waals surface area contributed by atoms with Gasteiger partial charge >= 0.3 is 0 Å². The first kappa shape index (κ1) is 9.94. The van der Waals surface area contributed by atoms with Gasteiger partial charge in [-0.3, -0.25) is 4.99 Å². The van der Waals surface area contributed by atoms with Crippen LogP contribution in [0.5, 0.6) is 0 Å². The Hall–Kier alpha value is -0.0600. The van der Waals surface area contributed by atoms with Gasteiger partial charge in [0.05, 0.1) is 9.92 Å². The summed E-state index contributed by atoms with van der Waals surface area (Å²) >= 11 is 2.08. The van der Waals surface area contributed by atoms with Crippen molar-refractivity contribution < 1.29 is 0 Å². The molecule has 0 spiro atoms. The van der Waals surface area contributed by atoms with E-state index in [1.54, 1.807) is 10.4 Å². The van der Waals surface area contributed by atoms with Gasteiger partial charge in [0.2, 0.25) is 0 Å². The van der Waals surface area contributed by atoms with Crippen molar-refractivity contribution in [2.45, 2.75) is 20.8 Å². The van der Waals surface area contributed by atoms with Crippen LogP contribution in [0, 0.1) is 5.41 Å². The molecule has 2 N–H and O–H groups in total. The number of hydrogen-bond acceptors (Lipinski definition) is 2. The van der Waals surface area contributed by atoms with Gasteiger partial charge < -0.3 is 5.73 Å². The maximum absolute atomic E-state index is 5.37. The lowest BCUT2D eigenvalue weighted by Crippen LogP contribution is -2.09. The Morgan fingerprint density at radius 3 is 2.10 bits per heavy atom. The third kappa shape index (κ3) is 3.20. The van der Waals surface area contributed by atoms with E-state index in [-0.39, 0.29) is 5.41 Å². The highest BCUT2D eigenvalue weighted by Crippen LogP contribution is 2.24.